The minimum absolute atomic E-state index is 0.475. The summed E-state index contributed by atoms with van der Waals surface area (Å²) < 4.78 is 2.00. The molecule has 0 spiro atoms. The summed E-state index contributed by atoms with van der Waals surface area (Å²) in [5.74, 6) is 0.780. The summed E-state index contributed by atoms with van der Waals surface area (Å²) in [5.41, 5.74) is 3.89. The molecule has 1 fully saturated rings. The summed E-state index contributed by atoms with van der Waals surface area (Å²) in [6.45, 7) is 4.00. The summed E-state index contributed by atoms with van der Waals surface area (Å²) in [5, 5.41) is 11.5. The Morgan fingerprint density at radius 2 is 2.00 bits per heavy atom. The van der Waals surface area contributed by atoms with Crippen molar-refractivity contribution in [2.24, 2.45) is 5.92 Å². The van der Waals surface area contributed by atoms with E-state index in [0.717, 1.165) is 46.1 Å². The van der Waals surface area contributed by atoms with Gasteiger partial charge in [0, 0.05) is 0 Å². The number of halogens is 1. The average Bonchev–Trinajstić information content (AvgIpc) is 3.01. The van der Waals surface area contributed by atoms with Crippen LogP contribution in [0, 0.1) is 19.8 Å². The van der Waals surface area contributed by atoms with Crippen LogP contribution in [0.3, 0.4) is 0 Å². The number of aromatic nitrogens is 2. The maximum atomic E-state index is 10.8. The number of aryl methyl sites for hydroxylation is 1. The summed E-state index contributed by atoms with van der Waals surface area (Å²) >= 11 is 6.46. The molecule has 1 N–H and O–H groups in total. The summed E-state index contributed by atoms with van der Waals surface area (Å²) in [4.78, 5) is 4.23. The van der Waals surface area contributed by atoms with E-state index in [2.05, 4.69) is 4.98 Å². The molecule has 1 aliphatic carbocycles. The quantitative estimate of drug-likeness (QED) is 0.861. The van der Waals surface area contributed by atoms with Crippen LogP contribution in [0.4, 0.5) is 0 Å². The summed E-state index contributed by atoms with van der Waals surface area (Å²) in [6, 6.07) is 0. The number of fused-ring (bicyclic) bond motifs is 1. The molecule has 2 heterocycles. The third kappa shape index (κ3) is 2.89. The van der Waals surface area contributed by atoms with Gasteiger partial charge in [0.05, 0.1) is 34.9 Å². The van der Waals surface area contributed by atoms with Crippen LogP contribution in [0.1, 0.15) is 67.9 Å². The molecule has 1 aliphatic rings. The first-order valence-electron chi connectivity index (χ1n) is 8.38. The van der Waals surface area contributed by atoms with Crippen LogP contribution in [-0.4, -0.2) is 14.5 Å². The predicted octanol–water partition coefficient (Wildman–Crippen LogP) is 5.00. The number of aliphatic hydroxyl groups is 1. The highest BCUT2D eigenvalue weighted by Crippen LogP contribution is 2.34. The monoisotopic (exact) mass is 320 g/mol. The second-order valence-electron chi connectivity index (χ2n) is 6.70. The Bertz CT molecular complexity index is 659. The minimum atomic E-state index is -0.475. The van der Waals surface area contributed by atoms with E-state index >= 15 is 0 Å². The smallest absolute Gasteiger partial charge is 0.0995 e. The number of hydrogen-bond acceptors (Lipinski definition) is 2. The van der Waals surface area contributed by atoms with E-state index in [1.807, 2.05) is 24.4 Å². The Morgan fingerprint density at radius 3 is 2.73 bits per heavy atom. The van der Waals surface area contributed by atoms with E-state index in [4.69, 9.17) is 11.6 Å². The second-order valence-corrected chi connectivity index (χ2v) is 7.07. The molecule has 1 saturated carbocycles. The molecular formula is C18H25ClN2O. The zero-order valence-electron chi connectivity index (χ0n) is 13.5. The molecule has 0 radical (unpaired) electrons. The van der Waals surface area contributed by atoms with Crippen molar-refractivity contribution >= 4 is 17.1 Å². The maximum absolute atomic E-state index is 10.8. The lowest BCUT2D eigenvalue weighted by Crippen LogP contribution is -2.12. The topological polar surface area (TPSA) is 37.5 Å². The number of imidazole rings is 1. The molecule has 0 amide bonds. The predicted molar refractivity (Wildman–Crippen MR) is 90.4 cm³/mol. The van der Waals surface area contributed by atoms with E-state index in [1.54, 1.807) is 6.33 Å². The number of nitrogens with zero attached hydrogens (tertiary/aromatic N) is 2. The van der Waals surface area contributed by atoms with Gasteiger partial charge >= 0.3 is 0 Å². The molecule has 0 saturated heterocycles. The summed E-state index contributed by atoms with van der Waals surface area (Å²) in [6.07, 6.45) is 11.7. The first-order chi connectivity index (χ1) is 10.6. The molecule has 120 valence electrons. The fraction of sp³-hybridized carbons (Fsp3) is 0.611. The Labute approximate surface area is 137 Å². The van der Waals surface area contributed by atoms with Gasteiger partial charge in [0.15, 0.2) is 0 Å². The largest absolute Gasteiger partial charge is 0.387 e. The van der Waals surface area contributed by atoms with E-state index in [0.29, 0.717) is 0 Å². The fourth-order valence-corrected chi connectivity index (χ4v) is 4.06. The first kappa shape index (κ1) is 15.8. The molecule has 2 aromatic heterocycles. The van der Waals surface area contributed by atoms with Gasteiger partial charge in [-0.25, -0.2) is 4.98 Å². The first-order valence-corrected chi connectivity index (χ1v) is 8.76. The molecule has 22 heavy (non-hydrogen) atoms. The van der Waals surface area contributed by atoms with Gasteiger partial charge in [0.1, 0.15) is 0 Å². The fourth-order valence-electron chi connectivity index (χ4n) is 3.87. The van der Waals surface area contributed by atoms with Crippen LogP contribution >= 0.6 is 11.6 Å². The van der Waals surface area contributed by atoms with Crippen molar-refractivity contribution in [2.45, 2.75) is 64.9 Å². The van der Waals surface area contributed by atoms with Gasteiger partial charge in [-0.2, -0.15) is 0 Å². The highest BCUT2D eigenvalue weighted by Gasteiger charge is 2.21. The molecular weight excluding hydrogens is 296 g/mol. The lowest BCUT2D eigenvalue weighted by molar-refractivity contribution is 0.145. The van der Waals surface area contributed by atoms with Crippen molar-refractivity contribution < 1.29 is 5.11 Å². The van der Waals surface area contributed by atoms with Gasteiger partial charge in [-0.15, -0.1) is 0 Å². The molecule has 3 rings (SSSR count). The van der Waals surface area contributed by atoms with Gasteiger partial charge < -0.3 is 5.11 Å². The van der Waals surface area contributed by atoms with Crippen LogP contribution in [0.5, 0.6) is 0 Å². The molecule has 0 bridgehead atoms. The lowest BCUT2D eigenvalue weighted by atomic mass is 9.85. The standard InChI is InChI=1S/C18H25ClN2O/c1-12-15-10-20-11-21(15)18(13(2)17(12)19)16(22)9-8-14-6-4-3-5-7-14/h10-11,14,16,22H,3-9H2,1-2H3/t16-/m1/s1. The third-order valence-corrected chi connectivity index (χ3v) is 5.78. The molecule has 2 aromatic rings. The number of hydrogen-bond donors (Lipinski definition) is 1. The maximum Gasteiger partial charge on any atom is 0.0995 e. The zero-order valence-corrected chi connectivity index (χ0v) is 14.2. The minimum Gasteiger partial charge on any atom is -0.387 e. The van der Waals surface area contributed by atoms with Crippen molar-refractivity contribution in [3.63, 3.8) is 0 Å². The highest BCUT2D eigenvalue weighted by atomic mass is 35.5. The molecule has 3 nitrogen and oxygen atoms in total. The second kappa shape index (κ2) is 6.59. The zero-order chi connectivity index (χ0) is 15.7. The number of rotatable bonds is 4. The Hall–Kier alpha value is -1.06. The van der Waals surface area contributed by atoms with Crippen LogP contribution in [0.25, 0.3) is 5.52 Å². The SMILES string of the molecule is Cc1c(Cl)c(C)c2cncn2c1[C@H](O)CCC1CCCCC1. The lowest BCUT2D eigenvalue weighted by Gasteiger charge is -2.24. The number of aliphatic hydroxyl groups excluding tert-OH is 1. The van der Waals surface area contributed by atoms with Crippen molar-refractivity contribution in [3.05, 3.63) is 34.4 Å². The van der Waals surface area contributed by atoms with Crippen molar-refractivity contribution in [3.8, 4) is 0 Å². The van der Waals surface area contributed by atoms with Crippen LogP contribution in [-0.2, 0) is 0 Å². The van der Waals surface area contributed by atoms with Crippen LogP contribution in [0.2, 0.25) is 5.02 Å². The Balaban J connectivity index is 1.84. The van der Waals surface area contributed by atoms with Crippen molar-refractivity contribution in [1.82, 2.24) is 9.38 Å². The van der Waals surface area contributed by atoms with Gasteiger partial charge in [-0.1, -0.05) is 43.7 Å². The molecule has 0 aliphatic heterocycles. The van der Waals surface area contributed by atoms with E-state index in [1.165, 1.54) is 32.1 Å². The van der Waals surface area contributed by atoms with Gasteiger partial charge in [0.25, 0.3) is 0 Å². The van der Waals surface area contributed by atoms with E-state index < -0.39 is 6.10 Å². The Kier molecular flexibility index (Phi) is 4.74. The van der Waals surface area contributed by atoms with E-state index in [-0.39, 0.29) is 0 Å². The van der Waals surface area contributed by atoms with Gasteiger partial charge in [0.2, 0.25) is 0 Å². The average molecular weight is 321 g/mol. The van der Waals surface area contributed by atoms with Crippen molar-refractivity contribution in [2.75, 3.05) is 0 Å². The van der Waals surface area contributed by atoms with Crippen molar-refractivity contribution in [1.29, 1.82) is 0 Å². The van der Waals surface area contributed by atoms with Gasteiger partial charge in [-0.05, 0) is 43.7 Å². The normalized spacial score (nSPS) is 18.0. The molecule has 0 aromatic carbocycles. The van der Waals surface area contributed by atoms with Crippen LogP contribution < -0.4 is 0 Å². The number of pyridine rings is 1. The highest BCUT2D eigenvalue weighted by molar-refractivity contribution is 6.32. The third-order valence-electron chi connectivity index (χ3n) is 5.21. The molecule has 0 unspecified atom stereocenters. The Morgan fingerprint density at radius 1 is 1.27 bits per heavy atom. The molecule has 4 heteroatoms. The van der Waals surface area contributed by atoms with E-state index in [9.17, 15) is 5.11 Å². The van der Waals surface area contributed by atoms with Gasteiger partial charge in [-0.3, -0.25) is 4.40 Å². The van der Waals surface area contributed by atoms with Crippen LogP contribution in [0.15, 0.2) is 12.5 Å². The molecule has 1 atom stereocenters. The summed E-state index contributed by atoms with van der Waals surface area (Å²) in [7, 11) is 0.